The molecule has 5 heteroatoms. The van der Waals surface area contributed by atoms with Crippen LogP contribution in [-0.2, 0) is 11.3 Å². The maximum Gasteiger partial charge on any atom is 0.273 e. The Morgan fingerprint density at radius 1 is 0.966 bits per heavy atom. The summed E-state index contributed by atoms with van der Waals surface area (Å²) in [5.41, 5.74) is 6.14. The molecule has 1 unspecified atom stereocenters. The van der Waals surface area contributed by atoms with Crippen LogP contribution in [0.25, 0.3) is 10.9 Å². The predicted molar refractivity (Wildman–Crippen MR) is 115 cm³/mol. The van der Waals surface area contributed by atoms with Crippen LogP contribution in [0.2, 0.25) is 0 Å². The number of benzene rings is 3. The molecule has 0 bridgehead atoms. The van der Waals surface area contributed by atoms with Crippen molar-refractivity contribution in [1.82, 2.24) is 9.99 Å². The molecule has 0 spiro atoms. The van der Waals surface area contributed by atoms with Crippen molar-refractivity contribution in [1.29, 1.82) is 0 Å². The molecule has 5 nitrogen and oxygen atoms in total. The van der Waals surface area contributed by atoms with Gasteiger partial charge in [-0.1, -0.05) is 78.9 Å². The molecule has 0 aliphatic carbocycles. The van der Waals surface area contributed by atoms with E-state index >= 15 is 0 Å². The second-order valence-corrected chi connectivity index (χ2v) is 6.76. The van der Waals surface area contributed by atoms with Crippen molar-refractivity contribution in [3.63, 3.8) is 0 Å². The number of rotatable bonds is 6. The van der Waals surface area contributed by atoms with Gasteiger partial charge in [0.1, 0.15) is 0 Å². The monoisotopic (exact) mass is 383 g/mol. The fourth-order valence-electron chi connectivity index (χ4n) is 3.30. The van der Waals surface area contributed by atoms with Crippen molar-refractivity contribution in [2.75, 3.05) is 0 Å². The Morgan fingerprint density at radius 2 is 1.62 bits per heavy atom. The third-order valence-electron chi connectivity index (χ3n) is 4.76. The Morgan fingerprint density at radius 3 is 2.38 bits per heavy atom. The molecule has 1 atom stereocenters. The van der Waals surface area contributed by atoms with Crippen molar-refractivity contribution in [2.24, 2.45) is 5.10 Å². The number of hydrogen-bond acceptors (Lipinski definition) is 3. The van der Waals surface area contributed by atoms with Crippen molar-refractivity contribution in [2.45, 2.75) is 12.6 Å². The highest BCUT2D eigenvalue weighted by atomic mass is 16.3. The Hall–Kier alpha value is -3.70. The number of hydrogen-bond donors (Lipinski definition) is 2. The largest absolute Gasteiger partial charge is 0.378 e. The molecule has 0 fully saturated rings. The maximum atomic E-state index is 12.2. The third kappa shape index (κ3) is 4.25. The minimum atomic E-state index is -1.26. The van der Waals surface area contributed by atoms with E-state index in [4.69, 9.17) is 0 Å². The Kier molecular flexibility index (Phi) is 5.49. The lowest BCUT2D eigenvalue weighted by Crippen LogP contribution is -2.25. The van der Waals surface area contributed by atoms with E-state index in [1.54, 1.807) is 30.5 Å². The zero-order chi connectivity index (χ0) is 20.1. The highest BCUT2D eigenvalue weighted by molar-refractivity contribution is 5.99. The number of carbonyl (C=O) groups is 1. The molecule has 0 saturated heterocycles. The maximum absolute atomic E-state index is 12.2. The summed E-state index contributed by atoms with van der Waals surface area (Å²) >= 11 is 0. The number of nitrogens with zero attached hydrogens (tertiary/aromatic N) is 2. The summed E-state index contributed by atoms with van der Waals surface area (Å²) in [7, 11) is 0. The van der Waals surface area contributed by atoms with Gasteiger partial charge in [0.2, 0.25) is 0 Å². The van der Waals surface area contributed by atoms with Gasteiger partial charge in [-0.25, -0.2) is 5.43 Å². The molecule has 1 aromatic heterocycles. The normalized spacial score (nSPS) is 12.3. The summed E-state index contributed by atoms with van der Waals surface area (Å²) in [5, 5.41) is 15.2. The smallest absolute Gasteiger partial charge is 0.273 e. The number of aromatic nitrogens is 1. The van der Waals surface area contributed by atoms with Crippen LogP contribution < -0.4 is 5.43 Å². The van der Waals surface area contributed by atoms with Gasteiger partial charge < -0.3 is 9.67 Å². The molecule has 2 N–H and O–H groups in total. The molecular formula is C24H21N3O2. The summed E-state index contributed by atoms with van der Waals surface area (Å²) in [5.74, 6) is -0.569. The van der Waals surface area contributed by atoms with E-state index in [1.165, 1.54) is 5.56 Å². The minimum Gasteiger partial charge on any atom is -0.378 e. The quantitative estimate of drug-likeness (QED) is 0.392. The fraction of sp³-hybridized carbons (Fsp3) is 0.0833. The summed E-state index contributed by atoms with van der Waals surface area (Å²) in [6, 6.07) is 27.1. The first-order chi connectivity index (χ1) is 14.2. The van der Waals surface area contributed by atoms with Crippen LogP contribution >= 0.6 is 0 Å². The topological polar surface area (TPSA) is 66.6 Å². The molecule has 3 aromatic carbocycles. The molecule has 144 valence electrons. The van der Waals surface area contributed by atoms with E-state index in [9.17, 15) is 9.90 Å². The van der Waals surface area contributed by atoms with E-state index in [0.29, 0.717) is 5.56 Å². The molecular weight excluding hydrogens is 362 g/mol. The lowest BCUT2D eigenvalue weighted by molar-refractivity contribution is -0.129. The molecule has 0 radical (unpaired) electrons. The van der Waals surface area contributed by atoms with Gasteiger partial charge in [-0.15, -0.1) is 0 Å². The molecule has 1 heterocycles. The van der Waals surface area contributed by atoms with E-state index in [0.717, 1.165) is 23.0 Å². The van der Waals surface area contributed by atoms with E-state index in [2.05, 4.69) is 33.3 Å². The van der Waals surface area contributed by atoms with E-state index in [-0.39, 0.29) is 0 Å². The second-order valence-electron chi connectivity index (χ2n) is 6.76. The molecule has 1 amide bonds. The van der Waals surface area contributed by atoms with Gasteiger partial charge in [0.25, 0.3) is 5.91 Å². The second kappa shape index (κ2) is 8.54. The van der Waals surface area contributed by atoms with Gasteiger partial charge in [-0.2, -0.15) is 5.10 Å². The molecule has 0 saturated carbocycles. The number of nitrogens with one attached hydrogen (secondary N) is 1. The first kappa shape index (κ1) is 18.7. The third-order valence-corrected chi connectivity index (χ3v) is 4.76. The molecule has 4 aromatic rings. The van der Waals surface area contributed by atoms with Crippen molar-refractivity contribution in [3.05, 3.63) is 108 Å². The number of fused-ring (bicyclic) bond motifs is 1. The number of para-hydroxylation sites is 1. The number of amides is 1. The minimum absolute atomic E-state index is 0.527. The lowest BCUT2D eigenvalue weighted by atomic mass is 10.1. The van der Waals surface area contributed by atoms with Gasteiger partial charge in [0.15, 0.2) is 6.10 Å². The first-order valence-electron chi connectivity index (χ1n) is 9.40. The number of aliphatic hydroxyl groups is 1. The SMILES string of the molecule is O=C(NN=Cc1cn(Cc2ccccc2)c2ccccc12)C(O)c1ccccc1. The average Bonchev–Trinajstić information content (AvgIpc) is 3.12. The van der Waals surface area contributed by atoms with Gasteiger partial charge in [-0.3, -0.25) is 4.79 Å². The zero-order valence-corrected chi connectivity index (χ0v) is 15.8. The number of carbonyl (C=O) groups excluding carboxylic acids is 1. The van der Waals surface area contributed by atoms with Crippen molar-refractivity contribution < 1.29 is 9.90 Å². The van der Waals surface area contributed by atoms with Gasteiger partial charge in [0.05, 0.1) is 6.21 Å². The van der Waals surface area contributed by atoms with Gasteiger partial charge in [0, 0.05) is 29.2 Å². The van der Waals surface area contributed by atoms with Crippen LogP contribution in [-0.4, -0.2) is 21.8 Å². The Bertz CT molecular complexity index is 1130. The number of aliphatic hydroxyl groups excluding tert-OH is 1. The summed E-state index contributed by atoms with van der Waals surface area (Å²) in [6.07, 6.45) is 2.37. The molecule has 0 aliphatic heterocycles. The molecule has 4 rings (SSSR count). The summed E-state index contributed by atoms with van der Waals surface area (Å²) in [4.78, 5) is 12.2. The van der Waals surface area contributed by atoms with Crippen LogP contribution in [0.5, 0.6) is 0 Å². The standard InChI is InChI=1S/C24H21N3O2/c28-23(19-11-5-2-6-12-19)24(29)26-25-15-20-17-27(16-18-9-3-1-4-10-18)22-14-8-7-13-21(20)22/h1-15,17,23,28H,16H2,(H,26,29). The lowest BCUT2D eigenvalue weighted by Gasteiger charge is -2.08. The highest BCUT2D eigenvalue weighted by Crippen LogP contribution is 2.21. The van der Waals surface area contributed by atoms with Crippen molar-refractivity contribution >= 4 is 23.0 Å². The first-order valence-corrected chi connectivity index (χ1v) is 9.40. The highest BCUT2D eigenvalue weighted by Gasteiger charge is 2.16. The van der Waals surface area contributed by atoms with Crippen LogP contribution in [0.4, 0.5) is 0 Å². The average molecular weight is 383 g/mol. The van der Waals surface area contributed by atoms with Crippen molar-refractivity contribution in [3.8, 4) is 0 Å². The zero-order valence-electron chi connectivity index (χ0n) is 15.8. The molecule has 29 heavy (non-hydrogen) atoms. The van der Waals surface area contributed by atoms with Gasteiger partial charge >= 0.3 is 0 Å². The van der Waals surface area contributed by atoms with Crippen LogP contribution in [0.3, 0.4) is 0 Å². The fourth-order valence-corrected chi connectivity index (χ4v) is 3.30. The summed E-state index contributed by atoms with van der Waals surface area (Å²) in [6.45, 7) is 0.744. The number of hydrazone groups is 1. The van der Waals surface area contributed by atoms with E-state index in [1.807, 2.05) is 48.7 Å². The Labute approximate surface area is 168 Å². The van der Waals surface area contributed by atoms with Crippen LogP contribution in [0, 0.1) is 0 Å². The molecule has 0 aliphatic rings. The van der Waals surface area contributed by atoms with Crippen LogP contribution in [0.1, 0.15) is 22.8 Å². The van der Waals surface area contributed by atoms with Gasteiger partial charge in [-0.05, 0) is 17.2 Å². The van der Waals surface area contributed by atoms with E-state index < -0.39 is 12.0 Å². The Balaban J connectivity index is 1.52. The predicted octanol–water partition coefficient (Wildman–Crippen LogP) is 3.87. The van der Waals surface area contributed by atoms with Crippen LogP contribution in [0.15, 0.2) is 96.2 Å². The summed E-state index contributed by atoms with van der Waals surface area (Å²) < 4.78 is 2.16.